The van der Waals surface area contributed by atoms with E-state index < -0.39 is 86.8 Å². The monoisotopic (exact) mass is 984 g/mol. The van der Waals surface area contributed by atoms with Crippen LogP contribution in [0.25, 0.3) is 0 Å². The lowest BCUT2D eigenvalue weighted by atomic mass is 9.97. The Kier molecular flexibility index (Phi) is 38.2. The van der Waals surface area contributed by atoms with Gasteiger partial charge in [-0.2, -0.15) is 0 Å². The number of unbranched alkanes of at least 4 members (excludes halogenated alkanes) is 26. The summed E-state index contributed by atoms with van der Waals surface area (Å²) in [4.78, 5) is 12.7. The molecule has 0 aromatic rings. The molecule has 2 aliphatic heterocycles. The second-order valence-corrected chi connectivity index (χ2v) is 19.7. The van der Waals surface area contributed by atoms with Crippen LogP contribution in [0.5, 0.6) is 0 Å². The molecular formula is C55H101NO13. The van der Waals surface area contributed by atoms with E-state index in [-0.39, 0.29) is 18.9 Å². The van der Waals surface area contributed by atoms with E-state index in [2.05, 4.69) is 36.5 Å². The highest BCUT2D eigenvalue weighted by molar-refractivity contribution is 5.76. The normalized spacial score (nSPS) is 26.4. The Balaban J connectivity index is 1.55. The van der Waals surface area contributed by atoms with Crippen LogP contribution in [0.1, 0.15) is 213 Å². The van der Waals surface area contributed by atoms with Crippen LogP contribution in [0.2, 0.25) is 0 Å². The maximum absolute atomic E-state index is 12.7. The van der Waals surface area contributed by atoms with Crippen molar-refractivity contribution < 1.29 is 64.6 Å². The lowest BCUT2D eigenvalue weighted by molar-refractivity contribution is -0.359. The zero-order chi connectivity index (χ0) is 50.3. The maximum atomic E-state index is 12.7. The largest absolute Gasteiger partial charge is 0.394 e. The molecule has 404 valence electrons. The fraction of sp³-hybridized carbons (Fsp3) is 0.873. The molecule has 2 saturated heterocycles. The number of amides is 1. The Labute approximate surface area is 417 Å². The summed E-state index contributed by atoms with van der Waals surface area (Å²) in [5, 5.41) is 85.9. The Morgan fingerprint density at radius 2 is 0.928 bits per heavy atom. The summed E-state index contributed by atoms with van der Waals surface area (Å²) >= 11 is 0. The van der Waals surface area contributed by atoms with Gasteiger partial charge in [0, 0.05) is 6.42 Å². The summed E-state index contributed by atoms with van der Waals surface area (Å²) in [6.45, 7) is 2.50. The third-order valence-electron chi connectivity index (χ3n) is 13.6. The van der Waals surface area contributed by atoms with E-state index in [0.29, 0.717) is 12.8 Å². The molecule has 0 spiro atoms. The first-order chi connectivity index (χ1) is 33.6. The maximum Gasteiger partial charge on any atom is 0.220 e. The van der Waals surface area contributed by atoms with Gasteiger partial charge in [-0.05, 0) is 44.9 Å². The van der Waals surface area contributed by atoms with Crippen molar-refractivity contribution in [2.75, 3.05) is 19.8 Å². The van der Waals surface area contributed by atoms with Crippen LogP contribution in [0, 0.1) is 0 Å². The number of ether oxygens (including phenoxy) is 4. The smallest absolute Gasteiger partial charge is 0.220 e. The molecule has 0 bridgehead atoms. The highest BCUT2D eigenvalue weighted by Crippen LogP contribution is 2.30. The SMILES string of the molecule is CCCCCCCCCCCCCCCCCCCCCCCCC/C=C/CC/C=C/CC/C=C/C(O)C(COC1OC(CO)C(OC2OC(CO)C(O)C(O)C2O)C(O)C1O)NC(=O)CCCC. The van der Waals surface area contributed by atoms with Gasteiger partial charge in [0.05, 0.1) is 32.0 Å². The molecule has 0 saturated carbocycles. The van der Waals surface area contributed by atoms with Crippen LogP contribution in [-0.2, 0) is 23.7 Å². The number of rotatable bonds is 43. The van der Waals surface area contributed by atoms with Gasteiger partial charge in [-0.25, -0.2) is 0 Å². The van der Waals surface area contributed by atoms with Crippen molar-refractivity contribution >= 4 is 5.91 Å². The number of nitrogens with one attached hydrogen (secondary N) is 1. The van der Waals surface area contributed by atoms with Gasteiger partial charge in [-0.15, -0.1) is 0 Å². The highest BCUT2D eigenvalue weighted by atomic mass is 16.7. The average molecular weight is 984 g/mol. The topological polar surface area (TPSA) is 228 Å². The first-order valence-corrected chi connectivity index (χ1v) is 27.7. The standard InChI is InChI=1S/C55H101NO13/c1-3-5-7-8-9-10-11-12-13-14-15-16-17-18-19-20-21-22-23-24-25-26-27-28-29-30-31-32-33-34-35-36-37-38-44(59)43(56-47(60)39-6-4-2)42-66-54-52(65)50(63)53(46(41-58)68-54)69-55-51(64)49(62)48(61)45(40-57)67-55/h29-30,33-34,37-38,43-46,48-55,57-59,61-65H,3-28,31-32,35-36,39-42H2,1-2H3,(H,56,60)/b30-29+,34-33+,38-37+. The number of carbonyl (C=O) groups is 1. The summed E-state index contributed by atoms with van der Waals surface area (Å²) in [6, 6.07) is -0.931. The van der Waals surface area contributed by atoms with Crippen LogP contribution in [0.4, 0.5) is 0 Å². The van der Waals surface area contributed by atoms with Crippen LogP contribution in [-0.4, -0.2) is 140 Å². The summed E-state index contributed by atoms with van der Waals surface area (Å²) in [5.74, 6) is -0.289. The molecule has 2 heterocycles. The zero-order valence-electron chi connectivity index (χ0n) is 43.1. The average Bonchev–Trinajstić information content (AvgIpc) is 3.35. The lowest BCUT2D eigenvalue weighted by Crippen LogP contribution is -2.65. The van der Waals surface area contributed by atoms with Crippen molar-refractivity contribution in [3.8, 4) is 0 Å². The van der Waals surface area contributed by atoms with Crippen molar-refractivity contribution in [1.29, 1.82) is 0 Å². The number of hydrogen-bond acceptors (Lipinski definition) is 13. The molecule has 12 unspecified atom stereocenters. The van der Waals surface area contributed by atoms with E-state index in [1.807, 2.05) is 13.0 Å². The van der Waals surface area contributed by atoms with E-state index in [1.54, 1.807) is 6.08 Å². The van der Waals surface area contributed by atoms with Crippen molar-refractivity contribution in [3.05, 3.63) is 36.5 Å². The predicted molar refractivity (Wildman–Crippen MR) is 272 cm³/mol. The van der Waals surface area contributed by atoms with Crippen molar-refractivity contribution in [1.82, 2.24) is 5.32 Å². The Hall–Kier alpha value is -1.79. The van der Waals surface area contributed by atoms with Gasteiger partial charge in [0.2, 0.25) is 5.91 Å². The zero-order valence-corrected chi connectivity index (χ0v) is 43.1. The van der Waals surface area contributed by atoms with Gasteiger partial charge < -0.3 is 65.1 Å². The molecule has 0 radical (unpaired) electrons. The molecule has 2 aliphatic rings. The van der Waals surface area contributed by atoms with Crippen LogP contribution in [0.15, 0.2) is 36.5 Å². The molecule has 0 aliphatic carbocycles. The van der Waals surface area contributed by atoms with Crippen molar-refractivity contribution in [3.63, 3.8) is 0 Å². The summed E-state index contributed by atoms with van der Waals surface area (Å²) < 4.78 is 22.4. The minimum atomic E-state index is -1.79. The third kappa shape index (κ3) is 28.3. The number of allylic oxidation sites excluding steroid dienone is 5. The Morgan fingerprint density at radius 3 is 1.41 bits per heavy atom. The minimum Gasteiger partial charge on any atom is -0.394 e. The predicted octanol–water partition coefficient (Wildman–Crippen LogP) is 8.27. The van der Waals surface area contributed by atoms with E-state index in [9.17, 15) is 45.6 Å². The molecule has 69 heavy (non-hydrogen) atoms. The second kappa shape index (κ2) is 41.7. The lowest BCUT2D eigenvalue weighted by Gasteiger charge is -2.46. The number of aliphatic hydroxyl groups excluding tert-OH is 8. The highest BCUT2D eigenvalue weighted by Gasteiger charge is 2.51. The van der Waals surface area contributed by atoms with Gasteiger partial charge >= 0.3 is 0 Å². The van der Waals surface area contributed by atoms with Crippen LogP contribution >= 0.6 is 0 Å². The summed E-state index contributed by atoms with van der Waals surface area (Å²) in [5.41, 5.74) is 0. The van der Waals surface area contributed by atoms with E-state index >= 15 is 0 Å². The number of hydrogen-bond donors (Lipinski definition) is 9. The van der Waals surface area contributed by atoms with Gasteiger partial charge in [0.25, 0.3) is 0 Å². The molecule has 2 rings (SSSR count). The minimum absolute atomic E-state index is 0.244. The quantitative estimate of drug-likeness (QED) is 0.0207. The third-order valence-corrected chi connectivity index (χ3v) is 13.6. The molecule has 0 aromatic heterocycles. The van der Waals surface area contributed by atoms with Crippen molar-refractivity contribution in [2.45, 2.75) is 286 Å². The molecular weight excluding hydrogens is 883 g/mol. The fourth-order valence-electron chi connectivity index (χ4n) is 9.01. The molecule has 1 amide bonds. The van der Waals surface area contributed by atoms with Crippen molar-refractivity contribution in [2.24, 2.45) is 0 Å². The van der Waals surface area contributed by atoms with E-state index in [4.69, 9.17) is 18.9 Å². The molecule has 2 fully saturated rings. The number of aliphatic hydroxyl groups is 8. The van der Waals surface area contributed by atoms with Gasteiger partial charge in [-0.3, -0.25) is 4.79 Å². The molecule has 12 atom stereocenters. The van der Waals surface area contributed by atoms with E-state index in [0.717, 1.165) is 32.1 Å². The second-order valence-electron chi connectivity index (χ2n) is 19.7. The Morgan fingerprint density at radius 1 is 0.507 bits per heavy atom. The first kappa shape index (κ1) is 63.3. The van der Waals surface area contributed by atoms with Gasteiger partial charge in [0.15, 0.2) is 12.6 Å². The molecule has 9 N–H and O–H groups in total. The summed E-state index contributed by atoms with van der Waals surface area (Å²) in [6.07, 6.45) is 33.8. The van der Waals surface area contributed by atoms with Gasteiger partial charge in [0.1, 0.15) is 48.8 Å². The number of carbonyl (C=O) groups excluding carboxylic acids is 1. The first-order valence-electron chi connectivity index (χ1n) is 27.7. The van der Waals surface area contributed by atoms with E-state index in [1.165, 1.54) is 148 Å². The van der Waals surface area contributed by atoms with Crippen LogP contribution in [0.3, 0.4) is 0 Å². The summed E-state index contributed by atoms with van der Waals surface area (Å²) in [7, 11) is 0. The fourth-order valence-corrected chi connectivity index (χ4v) is 9.01. The Bertz CT molecular complexity index is 1300. The molecule has 14 heteroatoms. The van der Waals surface area contributed by atoms with Gasteiger partial charge in [-0.1, -0.05) is 198 Å². The molecule has 0 aromatic carbocycles. The molecule has 14 nitrogen and oxygen atoms in total. The van der Waals surface area contributed by atoms with Crippen LogP contribution < -0.4 is 5.32 Å².